The van der Waals surface area contributed by atoms with Crippen molar-refractivity contribution in [3.8, 4) is 0 Å². The minimum absolute atomic E-state index is 0.0154. The molecular weight excluding hydrogens is 386 g/mol. The highest BCUT2D eigenvalue weighted by Crippen LogP contribution is 2.30. The van der Waals surface area contributed by atoms with Gasteiger partial charge in [-0.1, -0.05) is 6.42 Å². The van der Waals surface area contributed by atoms with Gasteiger partial charge in [0, 0.05) is 49.3 Å². The predicted molar refractivity (Wildman–Crippen MR) is 112 cm³/mol. The Hall–Kier alpha value is -2.41. The van der Waals surface area contributed by atoms with Crippen molar-refractivity contribution in [1.82, 2.24) is 15.2 Å². The molecule has 154 valence electrons. The quantitative estimate of drug-likeness (QED) is 0.704. The lowest BCUT2D eigenvalue weighted by Gasteiger charge is -2.31. The van der Waals surface area contributed by atoms with E-state index >= 15 is 0 Å². The van der Waals surface area contributed by atoms with E-state index in [2.05, 4.69) is 10.7 Å². The Morgan fingerprint density at radius 1 is 1.31 bits per heavy atom. The molecule has 1 unspecified atom stereocenters. The van der Waals surface area contributed by atoms with Crippen LogP contribution in [-0.4, -0.2) is 41.3 Å². The van der Waals surface area contributed by atoms with E-state index in [4.69, 9.17) is 9.40 Å². The number of rotatable bonds is 7. The molecule has 1 saturated heterocycles. The van der Waals surface area contributed by atoms with E-state index in [0.717, 1.165) is 49.4 Å². The van der Waals surface area contributed by atoms with Crippen molar-refractivity contribution in [2.24, 2.45) is 5.92 Å². The Bertz CT molecular complexity index is 855. The highest BCUT2D eigenvalue weighted by molar-refractivity contribution is 7.09. The molecule has 4 rings (SSSR count). The Morgan fingerprint density at radius 2 is 2.21 bits per heavy atom. The zero-order valence-corrected chi connectivity index (χ0v) is 17.3. The maximum atomic E-state index is 12.5. The molecule has 1 atom stereocenters. The minimum Gasteiger partial charge on any atom is -0.465 e. The first-order chi connectivity index (χ1) is 14.2. The van der Waals surface area contributed by atoms with Crippen LogP contribution in [0.25, 0.3) is 6.08 Å². The van der Waals surface area contributed by atoms with Gasteiger partial charge >= 0.3 is 0 Å². The molecule has 0 spiro atoms. The van der Waals surface area contributed by atoms with Crippen molar-refractivity contribution < 1.29 is 14.0 Å². The standard InChI is InChI=1S/C22H27N3O3S/c26-20(9-8-19-7-3-13-28-19)25-12-2-6-17(14-25)22-24-18(15-29-22)10-11-23-21(27)16-4-1-5-16/h3,7-9,13,15-17H,1-2,4-6,10-12,14H2,(H,23,27)/b9-8+. The molecule has 1 saturated carbocycles. The van der Waals surface area contributed by atoms with Gasteiger partial charge in [0.2, 0.25) is 11.8 Å². The SMILES string of the molecule is O=C(NCCc1csc(C2CCCN(C(=O)/C=C/c3ccco3)C2)n1)C1CCC1. The molecule has 2 aliphatic rings. The number of hydrogen-bond acceptors (Lipinski definition) is 5. The van der Waals surface area contributed by atoms with Crippen LogP contribution in [0.3, 0.4) is 0 Å². The maximum absolute atomic E-state index is 12.5. The van der Waals surface area contributed by atoms with Gasteiger partial charge in [-0.05, 0) is 43.9 Å². The van der Waals surface area contributed by atoms with Crippen molar-refractivity contribution in [2.45, 2.75) is 44.4 Å². The van der Waals surface area contributed by atoms with Crippen LogP contribution in [0.1, 0.15) is 54.5 Å². The number of furan rings is 1. The summed E-state index contributed by atoms with van der Waals surface area (Å²) in [6, 6.07) is 3.63. The van der Waals surface area contributed by atoms with E-state index in [1.54, 1.807) is 35.8 Å². The first kappa shape index (κ1) is 19.9. The number of piperidine rings is 1. The molecule has 29 heavy (non-hydrogen) atoms. The molecule has 1 aliphatic carbocycles. The van der Waals surface area contributed by atoms with E-state index in [9.17, 15) is 9.59 Å². The molecule has 2 aromatic rings. The summed E-state index contributed by atoms with van der Waals surface area (Å²) in [5, 5.41) is 6.21. The van der Waals surface area contributed by atoms with Gasteiger partial charge in [0.05, 0.1) is 17.0 Å². The van der Waals surface area contributed by atoms with E-state index in [0.29, 0.717) is 18.8 Å². The second kappa shape index (κ2) is 9.39. The highest BCUT2D eigenvalue weighted by atomic mass is 32.1. The summed E-state index contributed by atoms with van der Waals surface area (Å²) in [7, 11) is 0. The first-order valence-corrected chi connectivity index (χ1v) is 11.3. The van der Waals surface area contributed by atoms with Crippen molar-refractivity contribution in [1.29, 1.82) is 0 Å². The van der Waals surface area contributed by atoms with Gasteiger partial charge in [0.1, 0.15) is 5.76 Å². The third-order valence-corrected chi connectivity index (χ3v) is 6.80. The molecule has 1 N–H and O–H groups in total. The Labute approximate surface area is 175 Å². The van der Waals surface area contributed by atoms with Gasteiger partial charge in [-0.3, -0.25) is 9.59 Å². The summed E-state index contributed by atoms with van der Waals surface area (Å²) in [4.78, 5) is 31.1. The molecular formula is C22H27N3O3S. The van der Waals surface area contributed by atoms with Gasteiger partial charge in [0.25, 0.3) is 0 Å². The third-order valence-electron chi connectivity index (χ3n) is 5.74. The maximum Gasteiger partial charge on any atom is 0.246 e. The summed E-state index contributed by atoms with van der Waals surface area (Å²) in [6.07, 6.45) is 10.9. The summed E-state index contributed by atoms with van der Waals surface area (Å²) in [5.41, 5.74) is 1.03. The molecule has 2 aromatic heterocycles. The van der Waals surface area contributed by atoms with Crippen molar-refractivity contribution in [2.75, 3.05) is 19.6 Å². The number of carbonyl (C=O) groups is 2. The number of amides is 2. The number of nitrogens with one attached hydrogen (secondary N) is 1. The Morgan fingerprint density at radius 3 is 2.97 bits per heavy atom. The zero-order valence-electron chi connectivity index (χ0n) is 16.5. The topological polar surface area (TPSA) is 75.4 Å². The summed E-state index contributed by atoms with van der Waals surface area (Å²) < 4.78 is 5.24. The molecule has 2 fully saturated rings. The van der Waals surface area contributed by atoms with Gasteiger partial charge < -0.3 is 14.6 Å². The summed E-state index contributed by atoms with van der Waals surface area (Å²) in [6.45, 7) is 2.13. The number of aromatic nitrogens is 1. The van der Waals surface area contributed by atoms with Crippen LogP contribution in [0.15, 0.2) is 34.3 Å². The molecule has 0 bridgehead atoms. The van der Waals surface area contributed by atoms with Crippen molar-refractivity contribution >= 4 is 29.2 Å². The van der Waals surface area contributed by atoms with E-state index < -0.39 is 0 Å². The predicted octanol–water partition coefficient (Wildman–Crippen LogP) is 3.61. The zero-order chi connectivity index (χ0) is 20.1. The molecule has 0 radical (unpaired) electrons. The van der Waals surface area contributed by atoms with Crippen LogP contribution in [0, 0.1) is 5.92 Å². The smallest absolute Gasteiger partial charge is 0.246 e. The average Bonchev–Trinajstić information content (AvgIpc) is 3.37. The fraction of sp³-hybridized carbons (Fsp3) is 0.500. The molecule has 2 amide bonds. The second-order valence-electron chi connectivity index (χ2n) is 7.82. The van der Waals surface area contributed by atoms with Crippen LogP contribution < -0.4 is 5.32 Å². The summed E-state index contributed by atoms with van der Waals surface area (Å²) >= 11 is 1.67. The van der Waals surface area contributed by atoms with E-state index in [-0.39, 0.29) is 23.7 Å². The van der Waals surface area contributed by atoms with Crippen LogP contribution in [0.2, 0.25) is 0 Å². The van der Waals surface area contributed by atoms with Crippen molar-refractivity contribution in [3.63, 3.8) is 0 Å². The number of hydrogen-bond donors (Lipinski definition) is 1. The van der Waals surface area contributed by atoms with Crippen molar-refractivity contribution in [3.05, 3.63) is 46.3 Å². The molecule has 0 aromatic carbocycles. The summed E-state index contributed by atoms with van der Waals surface area (Å²) in [5.74, 6) is 1.40. The van der Waals surface area contributed by atoms with E-state index in [1.165, 1.54) is 6.42 Å². The lowest BCUT2D eigenvalue weighted by atomic mass is 9.85. The van der Waals surface area contributed by atoms with Crippen LogP contribution >= 0.6 is 11.3 Å². The van der Waals surface area contributed by atoms with Gasteiger partial charge in [-0.15, -0.1) is 11.3 Å². The van der Waals surface area contributed by atoms with Gasteiger partial charge in [-0.2, -0.15) is 0 Å². The minimum atomic E-state index is 0.0154. The Balaban J connectivity index is 1.27. The fourth-order valence-corrected chi connectivity index (χ4v) is 4.76. The molecule has 6 nitrogen and oxygen atoms in total. The van der Waals surface area contributed by atoms with Gasteiger partial charge in [0.15, 0.2) is 0 Å². The average molecular weight is 414 g/mol. The van der Waals surface area contributed by atoms with Gasteiger partial charge in [-0.25, -0.2) is 4.98 Å². The number of carbonyl (C=O) groups excluding carboxylic acids is 2. The normalized spacial score (nSPS) is 20.0. The Kier molecular flexibility index (Phi) is 6.44. The lowest BCUT2D eigenvalue weighted by molar-refractivity contribution is -0.128. The lowest BCUT2D eigenvalue weighted by Crippen LogP contribution is -2.38. The largest absolute Gasteiger partial charge is 0.465 e. The number of likely N-dealkylation sites (tertiary alicyclic amines) is 1. The highest BCUT2D eigenvalue weighted by Gasteiger charge is 2.26. The molecule has 7 heteroatoms. The molecule has 1 aliphatic heterocycles. The van der Waals surface area contributed by atoms with Crippen LogP contribution in [0.5, 0.6) is 0 Å². The second-order valence-corrected chi connectivity index (χ2v) is 8.71. The van der Waals surface area contributed by atoms with Crippen LogP contribution in [0.4, 0.5) is 0 Å². The number of nitrogens with zero attached hydrogens (tertiary/aromatic N) is 2. The molecule has 3 heterocycles. The van der Waals surface area contributed by atoms with Crippen LogP contribution in [-0.2, 0) is 16.0 Å². The monoisotopic (exact) mass is 413 g/mol. The third kappa shape index (κ3) is 5.15. The number of thiazole rings is 1. The van der Waals surface area contributed by atoms with E-state index in [1.807, 2.05) is 11.0 Å². The fourth-order valence-electron chi connectivity index (χ4n) is 3.78. The first-order valence-electron chi connectivity index (χ1n) is 10.4.